The molecule has 7 nitrogen and oxygen atoms in total. The van der Waals surface area contributed by atoms with Gasteiger partial charge in [0.2, 0.25) is 0 Å². The van der Waals surface area contributed by atoms with E-state index in [1.165, 1.54) is 18.6 Å². The zero-order chi connectivity index (χ0) is 12.3. The standard InChI is InChI=1S/C9H6BrN5O2/c10-6-2-13-7(3-12-6)15-9(17)5-1-14-8(16)4-11-5/h1-4H,(H,14,16)(H,13,15,17). The number of H-pyrrole nitrogens is 1. The van der Waals surface area contributed by atoms with Crippen molar-refractivity contribution in [3.05, 3.63) is 45.4 Å². The molecule has 17 heavy (non-hydrogen) atoms. The van der Waals surface area contributed by atoms with Crippen LogP contribution in [-0.4, -0.2) is 25.8 Å². The Morgan fingerprint density at radius 1 is 1.24 bits per heavy atom. The summed E-state index contributed by atoms with van der Waals surface area (Å²) < 4.78 is 0.567. The minimum Gasteiger partial charge on any atom is -0.325 e. The SMILES string of the molecule is O=C(Nc1cnc(Br)cn1)c1c[nH]c(=O)cn1. The summed E-state index contributed by atoms with van der Waals surface area (Å²) in [4.78, 5) is 36.3. The van der Waals surface area contributed by atoms with Crippen molar-refractivity contribution in [1.82, 2.24) is 19.9 Å². The molecule has 0 aromatic carbocycles. The second-order valence-electron chi connectivity index (χ2n) is 2.97. The first-order valence-electron chi connectivity index (χ1n) is 4.49. The van der Waals surface area contributed by atoms with E-state index in [1.807, 2.05) is 0 Å². The highest BCUT2D eigenvalue weighted by Gasteiger charge is 2.08. The van der Waals surface area contributed by atoms with Crippen LogP contribution in [0.25, 0.3) is 0 Å². The molecule has 2 aromatic heterocycles. The molecule has 0 bridgehead atoms. The monoisotopic (exact) mass is 295 g/mol. The second kappa shape index (κ2) is 4.83. The van der Waals surface area contributed by atoms with E-state index in [2.05, 4.69) is 41.2 Å². The normalized spacial score (nSPS) is 9.94. The number of nitrogens with one attached hydrogen (secondary N) is 2. The fraction of sp³-hybridized carbons (Fsp3) is 0. The lowest BCUT2D eigenvalue weighted by Gasteiger charge is -2.02. The first kappa shape index (κ1) is 11.4. The van der Waals surface area contributed by atoms with Crippen LogP contribution in [-0.2, 0) is 0 Å². The summed E-state index contributed by atoms with van der Waals surface area (Å²) in [6.45, 7) is 0. The van der Waals surface area contributed by atoms with Crippen LogP contribution >= 0.6 is 15.9 Å². The van der Waals surface area contributed by atoms with Gasteiger partial charge < -0.3 is 10.3 Å². The van der Waals surface area contributed by atoms with Gasteiger partial charge in [0, 0.05) is 6.20 Å². The molecule has 0 aliphatic rings. The second-order valence-corrected chi connectivity index (χ2v) is 3.79. The Morgan fingerprint density at radius 3 is 2.65 bits per heavy atom. The predicted octanol–water partition coefficient (Wildman–Crippen LogP) is 0.575. The lowest BCUT2D eigenvalue weighted by molar-refractivity contribution is 0.102. The number of halogens is 1. The highest BCUT2D eigenvalue weighted by Crippen LogP contribution is 2.06. The molecular formula is C9H6BrN5O2. The Hall–Kier alpha value is -2.09. The van der Waals surface area contributed by atoms with Crippen LogP contribution in [0.3, 0.4) is 0 Å². The number of carbonyl (C=O) groups is 1. The fourth-order valence-corrected chi connectivity index (χ4v) is 1.23. The molecule has 0 radical (unpaired) electrons. The van der Waals surface area contributed by atoms with Crippen LogP contribution in [0.15, 0.2) is 34.2 Å². The van der Waals surface area contributed by atoms with Crippen molar-refractivity contribution in [2.75, 3.05) is 5.32 Å². The maximum Gasteiger partial charge on any atom is 0.276 e. The summed E-state index contributed by atoms with van der Waals surface area (Å²) in [6.07, 6.45) is 5.11. The Kier molecular flexibility index (Phi) is 3.24. The minimum absolute atomic E-state index is 0.0920. The number of amides is 1. The summed E-state index contributed by atoms with van der Waals surface area (Å²) in [6, 6.07) is 0. The van der Waals surface area contributed by atoms with Crippen LogP contribution in [0.4, 0.5) is 5.82 Å². The van der Waals surface area contributed by atoms with Crippen molar-refractivity contribution in [1.29, 1.82) is 0 Å². The molecule has 2 rings (SSSR count). The number of hydrogen-bond donors (Lipinski definition) is 2. The molecule has 1 amide bonds. The van der Waals surface area contributed by atoms with Crippen LogP contribution in [0, 0.1) is 0 Å². The van der Waals surface area contributed by atoms with Crippen LogP contribution in [0.5, 0.6) is 0 Å². The van der Waals surface area contributed by atoms with Gasteiger partial charge in [-0.05, 0) is 15.9 Å². The summed E-state index contributed by atoms with van der Waals surface area (Å²) in [5.74, 6) is -0.177. The van der Waals surface area contributed by atoms with Crippen LogP contribution < -0.4 is 10.9 Å². The van der Waals surface area contributed by atoms with Gasteiger partial charge >= 0.3 is 0 Å². The molecule has 0 fully saturated rings. The van der Waals surface area contributed by atoms with Crippen LogP contribution in [0.1, 0.15) is 10.5 Å². The molecule has 8 heteroatoms. The zero-order valence-electron chi connectivity index (χ0n) is 8.35. The van der Waals surface area contributed by atoms with Crippen molar-refractivity contribution in [2.45, 2.75) is 0 Å². The molecule has 0 spiro atoms. The third-order valence-electron chi connectivity index (χ3n) is 1.77. The summed E-state index contributed by atoms with van der Waals surface area (Å²) in [5, 5.41) is 2.49. The molecule has 0 saturated heterocycles. The Bertz CT molecular complexity index is 575. The number of aromatic nitrogens is 4. The largest absolute Gasteiger partial charge is 0.325 e. The number of aromatic amines is 1. The van der Waals surface area contributed by atoms with E-state index in [0.29, 0.717) is 10.4 Å². The minimum atomic E-state index is -0.474. The first-order valence-corrected chi connectivity index (χ1v) is 5.28. The highest BCUT2D eigenvalue weighted by atomic mass is 79.9. The van der Waals surface area contributed by atoms with Gasteiger partial charge in [-0.15, -0.1) is 0 Å². The maximum absolute atomic E-state index is 11.6. The van der Waals surface area contributed by atoms with Gasteiger partial charge in [0.15, 0.2) is 5.82 Å². The lowest BCUT2D eigenvalue weighted by atomic mass is 10.4. The van der Waals surface area contributed by atoms with E-state index in [1.54, 1.807) is 0 Å². The molecule has 2 heterocycles. The van der Waals surface area contributed by atoms with Crippen molar-refractivity contribution in [2.24, 2.45) is 0 Å². The van der Waals surface area contributed by atoms with Gasteiger partial charge in [-0.1, -0.05) is 0 Å². The molecule has 0 aliphatic carbocycles. The predicted molar refractivity (Wildman–Crippen MR) is 62.5 cm³/mol. The van der Waals surface area contributed by atoms with E-state index >= 15 is 0 Å². The van der Waals surface area contributed by atoms with Gasteiger partial charge in [0.25, 0.3) is 11.5 Å². The van der Waals surface area contributed by atoms with E-state index in [-0.39, 0.29) is 11.3 Å². The molecule has 0 aliphatic heterocycles. The molecule has 86 valence electrons. The van der Waals surface area contributed by atoms with Crippen LogP contribution in [0.2, 0.25) is 0 Å². The summed E-state index contributed by atoms with van der Waals surface area (Å²) in [7, 11) is 0. The van der Waals surface area contributed by atoms with Gasteiger partial charge in [-0.3, -0.25) is 9.59 Å². The van der Waals surface area contributed by atoms with E-state index < -0.39 is 5.91 Å². The summed E-state index contributed by atoms with van der Waals surface area (Å²) >= 11 is 3.13. The molecule has 2 aromatic rings. The maximum atomic E-state index is 11.6. The third-order valence-corrected chi connectivity index (χ3v) is 2.18. The van der Waals surface area contributed by atoms with E-state index in [4.69, 9.17) is 0 Å². The molecule has 0 atom stereocenters. The number of nitrogens with zero attached hydrogens (tertiary/aromatic N) is 3. The Balaban J connectivity index is 2.14. The fourth-order valence-electron chi connectivity index (χ4n) is 1.02. The molecule has 0 saturated carbocycles. The first-order chi connectivity index (χ1) is 8.15. The van der Waals surface area contributed by atoms with Gasteiger partial charge in [0.05, 0.1) is 18.6 Å². The van der Waals surface area contributed by atoms with Crippen molar-refractivity contribution >= 4 is 27.7 Å². The van der Waals surface area contributed by atoms with Crippen molar-refractivity contribution in [3.8, 4) is 0 Å². The quantitative estimate of drug-likeness (QED) is 0.844. The number of anilines is 1. The van der Waals surface area contributed by atoms with E-state index in [0.717, 1.165) is 6.20 Å². The van der Waals surface area contributed by atoms with Crippen molar-refractivity contribution < 1.29 is 4.79 Å². The molecule has 2 N–H and O–H groups in total. The number of carbonyl (C=O) groups excluding carboxylic acids is 1. The lowest BCUT2D eigenvalue weighted by Crippen LogP contribution is -2.17. The third kappa shape index (κ3) is 2.94. The smallest absolute Gasteiger partial charge is 0.276 e. The van der Waals surface area contributed by atoms with Gasteiger partial charge in [0.1, 0.15) is 10.3 Å². The molecular weight excluding hydrogens is 290 g/mol. The van der Waals surface area contributed by atoms with Gasteiger partial charge in [-0.2, -0.15) is 0 Å². The zero-order valence-corrected chi connectivity index (χ0v) is 9.93. The Labute approximate surface area is 103 Å². The average Bonchev–Trinajstić information content (AvgIpc) is 2.33. The summed E-state index contributed by atoms with van der Waals surface area (Å²) in [5.41, 5.74) is -0.278. The average molecular weight is 296 g/mol. The Morgan fingerprint density at radius 2 is 2.06 bits per heavy atom. The number of hydrogen-bond acceptors (Lipinski definition) is 5. The van der Waals surface area contributed by atoms with Crippen molar-refractivity contribution in [3.63, 3.8) is 0 Å². The van der Waals surface area contributed by atoms with Gasteiger partial charge in [-0.25, -0.2) is 15.0 Å². The van der Waals surface area contributed by atoms with E-state index in [9.17, 15) is 9.59 Å². The molecule has 0 unspecified atom stereocenters. The topological polar surface area (TPSA) is 101 Å². The number of rotatable bonds is 2. The highest BCUT2D eigenvalue weighted by molar-refractivity contribution is 9.10.